The zero-order valence-corrected chi connectivity index (χ0v) is 10.2. The van der Waals surface area contributed by atoms with E-state index in [-0.39, 0.29) is 23.4 Å². The van der Waals surface area contributed by atoms with Crippen LogP contribution in [0.4, 0.5) is 8.78 Å². The van der Waals surface area contributed by atoms with Crippen molar-refractivity contribution in [2.24, 2.45) is 0 Å². The molecule has 2 N–H and O–H groups in total. The predicted molar refractivity (Wildman–Crippen MR) is 64.1 cm³/mol. The summed E-state index contributed by atoms with van der Waals surface area (Å²) in [7, 11) is 0. The van der Waals surface area contributed by atoms with E-state index in [0.29, 0.717) is 6.54 Å². The van der Waals surface area contributed by atoms with Gasteiger partial charge in [0, 0.05) is 12.6 Å². The minimum Gasteiger partial charge on any atom is -0.349 e. The van der Waals surface area contributed by atoms with Crippen LogP contribution in [0.15, 0.2) is 18.2 Å². The number of nitrogens with one attached hydrogen (secondary N) is 2. The Kier molecular flexibility index (Phi) is 3.61. The molecule has 98 valence electrons. The number of carbonyl (C=O) groups is 1. The van der Waals surface area contributed by atoms with E-state index in [9.17, 15) is 13.6 Å². The number of amides is 1. The third kappa shape index (κ3) is 3.04. The number of carbonyl (C=O) groups excluding carboxylic acids is 1. The molecule has 1 aliphatic rings. The van der Waals surface area contributed by atoms with Crippen molar-refractivity contribution in [2.75, 3.05) is 13.1 Å². The van der Waals surface area contributed by atoms with Crippen LogP contribution in [-0.4, -0.2) is 24.5 Å². The summed E-state index contributed by atoms with van der Waals surface area (Å²) in [6.07, 6.45) is 0.784. The predicted octanol–water partition coefficient (Wildman–Crippen LogP) is 1.38. The molecule has 1 aromatic rings. The maximum atomic E-state index is 13.4. The second kappa shape index (κ2) is 5.02. The molecule has 1 saturated heterocycles. The highest BCUT2D eigenvalue weighted by atomic mass is 19.1. The van der Waals surface area contributed by atoms with Crippen LogP contribution in [0, 0.1) is 11.6 Å². The number of halogens is 2. The van der Waals surface area contributed by atoms with Crippen LogP contribution in [0.5, 0.6) is 0 Å². The van der Waals surface area contributed by atoms with Crippen LogP contribution in [0.1, 0.15) is 18.9 Å². The summed E-state index contributed by atoms with van der Waals surface area (Å²) in [6.45, 7) is 3.53. The van der Waals surface area contributed by atoms with Crippen LogP contribution in [0.25, 0.3) is 0 Å². The molecule has 1 heterocycles. The topological polar surface area (TPSA) is 41.1 Å². The Bertz CT molecular complexity index is 456. The minimum atomic E-state index is -0.681. The van der Waals surface area contributed by atoms with Crippen molar-refractivity contribution in [2.45, 2.75) is 25.3 Å². The van der Waals surface area contributed by atoms with Gasteiger partial charge in [-0.05, 0) is 31.5 Å². The molecule has 0 aliphatic carbocycles. The van der Waals surface area contributed by atoms with E-state index in [0.717, 1.165) is 25.1 Å². The average Bonchev–Trinajstić information content (AvgIpc) is 2.69. The molecule has 3 nitrogen and oxygen atoms in total. The largest absolute Gasteiger partial charge is 0.349 e. The molecule has 0 saturated carbocycles. The first kappa shape index (κ1) is 13.0. The van der Waals surface area contributed by atoms with Crippen molar-refractivity contribution in [3.63, 3.8) is 0 Å². The van der Waals surface area contributed by atoms with E-state index in [2.05, 4.69) is 10.6 Å². The number of benzene rings is 1. The molecular weight excluding hydrogens is 238 g/mol. The minimum absolute atomic E-state index is 0.0678. The molecule has 1 atom stereocenters. The summed E-state index contributed by atoms with van der Waals surface area (Å²) >= 11 is 0. The average molecular weight is 254 g/mol. The highest BCUT2D eigenvalue weighted by Gasteiger charge is 2.29. The van der Waals surface area contributed by atoms with Gasteiger partial charge in [-0.25, -0.2) is 8.78 Å². The van der Waals surface area contributed by atoms with Crippen molar-refractivity contribution >= 4 is 5.91 Å². The van der Waals surface area contributed by atoms with Crippen molar-refractivity contribution in [3.05, 3.63) is 35.4 Å². The lowest BCUT2D eigenvalue weighted by Crippen LogP contribution is -2.48. The summed E-state index contributed by atoms with van der Waals surface area (Å²) < 4.78 is 26.1. The van der Waals surface area contributed by atoms with E-state index in [1.54, 1.807) is 0 Å². The fourth-order valence-corrected chi connectivity index (χ4v) is 2.14. The second-order valence-corrected chi connectivity index (χ2v) is 4.95. The van der Waals surface area contributed by atoms with Gasteiger partial charge in [-0.15, -0.1) is 0 Å². The van der Waals surface area contributed by atoms with Gasteiger partial charge in [-0.3, -0.25) is 4.79 Å². The molecule has 5 heteroatoms. The highest BCUT2D eigenvalue weighted by Crippen LogP contribution is 2.15. The molecule has 0 bridgehead atoms. The Labute approximate surface area is 105 Å². The lowest BCUT2D eigenvalue weighted by atomic mass is 10.0. The monoisotopic (exact) mass is 254 g/mol. The zero-order valence-electron chi connectivity index (χ0n) is 10.2. The quantitative estimate of drug-likeness (QED) is 0.855. The van der Waals surface area contributed by atoms with Crippen molar-refractivity contribution < 1.29 is 13.6 Å². The normalized spacial score (nSPS) is 23.1. The van der Waals surface area contributed by atoms with Crippen LogP contribution >= 0.6 is 0 Å². The first-order valence-electron chi connectivity index (χ1n) is 5.94. The maximum Gasteiger partial charge on any atom is 0.224 e. The van der Waals surface area contributed by atoms with Gasteiger partial charge in [-0.2, -0.15) is 0 Å². The van der Waals surface area contributed by atoms with Crippen molar-refractivity contribution in [1.29, 1.82) is 0 Å². The molecular formula is C13H16F2N2O. The highest BCUT2D eigenvalue weighted by molar-refractivity contribution is 5.79. The van der Waals surface area contributed by atoms with Gasteiger partial charge in [0.05, 0.1) is 12.0 Å². The van der Waals surface area contributed by atoms with Crippen LogP contribution in [0.2, 0.25) is 0 Å². The van der Waals surface area contributed by atoms with Gasteiger partial charge >= 0.3 is 0 Å². The number of hydrogen-bond acceptors (Lipinski definition) is 2. The van der Waals surface area contributed by atoms with E-state index in [1.807, 2.05) is 6.92 Å². The summed E-state index contributed by atoms with van der Waals surface area (Å²) in [5.41, 5.74) is -0.0587. The van der Waals surface area contributed by atoms with Gasteiger partial charge in [0.1, 0.15) is 11.6 Å². The molecule has 1 amide bonds. The molecule has 0 aromatic heterocycles. The molecule has 1 unspecified atom stereocenters. The molecule has 0 spiro atoms. The lowest BCUT2D eigenvalue weighted by molar-refractivity contribution is -0.122. The Balaban J connectivity index is 1.98. The number of hydrogen-bond donors (Lipinski definition) is 2. The molecule has 1 aromatic carbocycles. The van der Waals surface area contributed by atoms with Crippen LogP contribution in [0.3, 0.4) is 0 Å². The van der Waals surface area contributed by atoms with E-state index >= 15 is 0 Å². The first-order chi connectivity index (χ1) is 8.48. The number of rotatable bonds is 3. The van der Waals surface area contributed by atoms with E-state index in [4.69, 9.17) is 0 Å². The Hall–Kier alpha value is -1.49. The van der Waals surface area contributed by atoms with Gasteiger partial charge < -0.3 is 10.6 Å². The fraction of sp³-hybridized carbons (Fsp3) is 0.462. The smallest absolute Gasteiger partial charge is 0.224 e. The maximum absolute atomic E-state index is 13.4. The lowest BCUT2D eigenvalue weighted by Gasteiger charge is -2.24. The van der Waals surface area contributed by atoms with Crippen LogP contribution < -0.4 is 10.6 Å². The standard InChI is InChI=1S/C13H16F2N2O/c1-13(4-5-16-8-13)17-12(18)6-9-2-3-10(14)7-11(9)15/h2-3,7,16H,4-6,8H2,1H3,(H,17,18). The second-order valence-electron chi connectivity index (χ2n) is 4.95. The summed E-state index contributed by atoms with van der Waals surface area (Å²) in [5, 5.41) is 6.05. The fourth-order valence-electron chi connectivity index (χ4n) is 2.14. The molecule has 0 radical (unpaired) electrons. The van der Waals surface area contributed by atoms with Gasteiger partial charge in [0.25, 0.3) is 0 Å². The Morgan fingerprint density at radius 3 is 2.89 bits per heavy atom. The van der Waals surface area contributed by atoms with E-state index in [1.165, 1.54) is 6.07 Å². The van der Waals surface area contributed by atoms with Crippen molar-refractivity contribution in [3.8, 4) is 0 Å². The van der Waals surface area contributed by atoms with E-state index < -0.39 is 11.6 Å². The van der Waals surface area contributed by atoms with Crippen molar-refractivity contribution in [1.82, 2.24) is 10.6 Å². The Morgan fingerprint density at radius 2 is 2.28 bits per heavy atom. The summed E-state index contributed by atoms with van der Waals surface area (Å²) in [6, 6.07) is 3.26. The first-order valence-corrected chi connectivity index (χ1v) is 5.94. The molecule has 1 fully saturated rings. The molecule has 18 heavy (non-hydrogen) atoms. The third-order valence-electron chi connectivity index (χ3n) is 3.18. The van der Waals surface area contributed by atoms with Gasteiger partial charge in [0.2, 0.25) is 5.91 Å². The summed E-state index contributed by atoms with van der Waals surface area (Å²) in [4.78, 5) is 11.8. The van der Waals surface area contributed by atoms with Gasteiger partial charge in [-0.1, -0.05) is 6.07 Å². The van der Waals surface area contributed by atoms with Crippen LogP contribution in [-0.2, 0) is 11.2 Å². The zero-order chi connectivity index (χ0) is 13.2. The SMILES string of the molecule is CC1(NC(=O)Cc2ccc(F)cc2F)CCNC1. The summed E-state index contributed by atoms with van der Waals surface area (Å²) in [5.74, 6) is -1.56. The molecule has 1 aliphatic heterocycles. The Morgan fingerprint density at radius 1 is 1.50 bits per heavy atom. The third-order valence-corrected chi connectivity index (χ3v) is 3.18. The van der Waals surface area contributed by atoms with Gasteiger partial charge in [0.15, 0.2) is 0 Å². The molecule has 2 rings (SSSR count).